The summed E-state index contributed by atoms with van der Waals surface area (Å²) < 4.78 is 41.0. The fraction of sp³-hybridized carbons (Fsp3) is 0.250. The van der Waals surface area contributed by atoms with Gasteiger partial charge in [-0.1, -0.05) is 60.5 Å². The predicted octanol–water partition coefficient (Wildman–Crippen LogP) is 8.54. The number of carboxylic acids is 1. The molecule has 5 nitrogen and oxygen atoms in total. The van der Waals surface area contributed by atoms with E-state index >= 15 is 0 Å². The van der Waals surface area contributed by atoms with Crippen molar-refractivity contribution in [1.82, 2.24) is 5.32 Å². The van der Waals surface area contributed by atoms with Crippen LogP contribution in [-0.2, 0) is 22.3 Å². The van der Waals surface area contributed by atoms with Crippen molar-refractivity contribution >= 4 is 46.3 Å². The molecular weight excluding hydrogens is 588 g/mol. The molecule has 10 heteroatoms. The second-order valence-corrected chi connectivity index (χ2v) is 11.0. The number of halogens is 5. The number of aryl methyl sites for hydroxylation is 1. The third-order valence-corrected chi connectivity index (χ3v) is 7.66. The first-order valence-electron chi connectivity index (χ1n) is 13.2. The molecule has 220 valence electrons. The van der Waals surface area contributed by atoms with Gasteiger partial charge in [-0.2, -0.15) is 13.2 Å². The quantitative estimate of drug-likeness (QED) is 0.225. The van der Waals surface area contributed by atoms with E-state index in [-0.39, 0.29) is 25.4 Å². The van der Waals surface area contributed by atoms with E-state index in [1.54, 1.807) is 24.3 Å². The lowest BCUT2D eigenvalue weighted by Gasteiger charge is -2.25. The number of carbonyl (C=O) groups excluding carboxylic acids is 1. The molecule has 0 heterocycles. The SMILES string of the molecule is Cc1cc(Cl)ccc1-c1ccc(NCc2ccc(C(F)(F)F)cc2C2=CC=C(C(=O)NCCC(=O)O)CC2C)cc1Cl. The highest BCUT2D eigenvalue weighted by molar-refractivity contribution is 6.34. The summed E-state index contributed by atoms with van der Waals surface area (Å²) in [6.45, 7) is 4.02. The van der Waals surface area contributed by atoms with E-state index < -0.39 is 23.6 Å². The molecule has 0 saturated carbocycles. The average Bonchev–Trinajstić information content (AvgIpc) is 2.91. The molecule has 3 aromatic rings. The minimum absolute atomic E-state index is 0.00972. The largest absolute Gasteiger partial charge is 0.481 e. The highest BCUT2D eigenvalue weighted by Crippen LogP contribution is 2.39. The van der Waals surface area contributed by atoms with Crippen molar-refractivity contribution in [3.8, 4) is 11.1 Å². The van der Waals surface area contributed by atoms with Crippen LogP contribution in [0.3, 0.4) is 0 Å². The lowest BCUT2D eigenvalue weighted by molar-refractivity contribution is -0.138. The molecule has 0 radical (unpaired) electrons. The van der Waals surface area contributed by atoms with Gasteiger partial charge in [0.1, 0.15) is 0 Å². The van der Waals surface area contributed by atoms with Crippen LogP contribution in [0, 0.1) is 12.8 Å². The number of amides is 1. The summed E-state index contributed by atoms with van der Waals surface area (Å²) >= 11 is 12.7. The Morgan fingerprint density at radius 2 is 1.71 bits per heavy atom. The zero-order chi connectivity index (χ0) is 30.6. The van der Waals surface area contributed by atoms with E-state index in [4.69, 9.17) is 28.3 Å². The van der Waals surface area contributed by atoms with E-state index in [2.05, 4.69) is 10.6 Å². The summed E-state index contributed by atoms with van der Waals surface area (Å²) in [5.41, 5.74) is 4.89. The normalized spacial score (nSPS) is 15.1. The number of alkyl halides is 3. The Morgan fingerprint density at radius 3 is 2.36 bits per heavy atom. The van der Waals surface area contributed by atoms with Crippen LogP contribution in [0.1, 0.15) is 42.0 Å². The molecule has 3 N–H and O–H groups in total. The first-order valence-corrected chi connectivity index (χ1v) is 14.0. The summed E-state index contributed by atoms with van der Waals surface area (Å²) in [5, 5.41) is 15.8. The molecular formula is C32H29Cl2F3N2O3. The third-order valence-electron chi connectivity index (χ3n) is 7.12. The first kappa shape index (κ1) is 31.2. The van der Waals surface area contributed by atoms with Gasteiger partial charge in [-0.15, -0.1) is 0 Å². The monoisotopic (exact) mass is 616 g/mol. The molecule has 1 atom stereocenters. The number of hydrogen-bond acceptors (Lipinski definition) is 3. The van der Waals surface area contributed by atoms with Crippen LogP contribution < -0.4 is 10.6 Å². The van der Waals surface area contributed by atoms with Gasteiger partial charge in [0.2, 0.25) is 5.91 Å². The Bertz CT molecular complexity index is 1580. The number of carbonyl (C=O) groups is 2. The van der Waals surface area contributed by atoms with Crippen LogP contribution in [0.15, 0.2) is 72.3 Å². The molecule has 1 unspecified atom stereocenters. The number of allylic oxidation sites excluding steroid dienone is 3. The molecule has 1 aliphatic carbocycles. The van der Waals surface area contributed by atoms with Gasteiger partial charge in [0.05, 0.1) is 17.0 Å². The summed E-state index contributed by atoms with van der Waals surface area (Å²) in [5.74, 6) is -1.67. The van der Waals surface area contributed by atoms with E-state index in [9.17, 15) is 22.8 Å². The van der Waals surface area contributed by atoms with E-state index in [0.29, 0.717) is 44.4 Å². The fourth-order valence-electron chi connectivity index (χ4n) is 4.93. The maximum Gasteiger partial charge on any atom is 0.416 e. The van der Waals surface area contributed by atoms with Crippen molar-refractivity contribution in [3.05, 3.63) is 105 Å². The molecule has 0 saturated heterocycles. The summed E-state index contributed by atoms with van der Waals surface area (Å²) in [6, 6.07) is 14.7. The Labute approximate surface area is 252 Å². The highest BCUT2D eigenvalue weighted by Gasteiger charge is 2.32. The van der Waals surface area contributed by atoms with Crippen molar-refractivity contribution in [1.29, 1.82) is 0 Å². The topological polar surface area (TPSA) is 78.4 Å². The van der Waals surface area contributed by atoms with Crippen LogP contribution in [-0.4, -0.2) is 23.5 Å². The fourth-order valence-corrected chi connectivity index (χ4v) is 5.44. The van der Waals surface area contributed by atoms with Gasteiger partial charge in [-0.3, -0.25) is 9.59 Å². The second kappa shape index (κ2) is 13.0. The molecule has 0 bridgehead atoms. The number of rotatable bonds is 9. The van der Waals surface area contributed by atoms with Crippen LogP contribution in [0.4, 0.5) is 18.9 Å². The standard InChI is InChI=1S/C32H29Cl2F3N2O3/c1-18-13-20(31(42)38-12-11-30(40)41)4-8-26(18)28-15-22(32(35,36)37)5-3-21(28)17-39-24-7-10-27(29(34)16-24)25-9-6-23(33)14-19(25)2/h3-10,14-16,18,39H,11-13,17H2,1-2H3,(H,38,42)(H,40,41). The van der Waals surface area contributed by atoms with Gasteiger partial charge in [0.15, 0.2) is 0 Å². The van der Waals surface area contributed by atoms with Gasteiger partial charge >= 0.3 is 12.1 Å². The smallest absolute Gasteiger partial charge is 0.416 e. The number of hydrogen-bond donors (Lipinski definition) is 3. The Kier molecular flexibility index (Phi) is 9.69. The zero-order valence-electron chi connectivity index (χ0n) is 22.9. The molecule has 0 spiro atoms. The van der Waals surface area contributed by atoms with Gasteiger partial charge in [0.25, 0.3) is 0 Å². The Morgan fingerprint density at radius 1 is 0.976 bits per heavy atom. The van der Waals surface area contributed by atoms with E-state index in [1.165, 1.54) is 6.07 Å². The van der Waals surface area contributed by atoms with Crippen LogP contribution in [0.2, 0.25) is 10.0 Å². The van der Waals surface area contributed by atoms with Crippen molar-refractivity contribution in [2.45, 2.75) is 39.4 Å². The number of benzene rings is 3. The Balaban J connectivity index is 1.59. The first-order chi connectivity index (χ1) is 19.8. The average molecular weight is 617 g/mol. The molecule has 1 aliphatic rings. The van der Waals surface area contributed by atoms with Crippen molar-refractivity contribution in [2.24, 2.45) is 5.92 Å². The number of anilines is 1. The van der Waals surface area contributed by atoms with E-state index in [0.717, 1.165) is 28.8 Å². The maximum absolute atomic E-state index is 13.7. The summed E-state index contributed by atoms with van der Waals surface area (Å²) in [4.78, 5) is 23.2. The predicted molar refractivity (Wildman–Crippen MR) is 161 cm³/mol. The summed E-state index contributed by atoms with van der Waals surface area (Å²) in [7, 11) is 0. The number of nitrogens with one attached hydrogen (secondary N) is 2. The molecule has 3 aromatic carbocycles. The molecule has 0 aromatic heterocycles. The van der Waals surface area contributed by atoms with Crippen LogP contribution in [0.25, 0.3) is 16.7 Å². The maximum atomic E-state index is 13.7. The lowest BCUT2D eigenvalue weighted by Crippen LogP contribution is -2.28. The van der Waals surface area contributed by atoms with Gasteiger partial charge in [0, 0.05) is 34.9 Å². The third kappa shape index (κ3) is 7.55. The van der Waals surface area contributed by atoms with Crippen molar-refractivity contribution in [3.63, 3.8) is 0 Å². The molecule has 0 fully saturated rings. The number of aliphatic carboxylic acids is 1. The van der Waals surface area contributed by atoms with Crippen LogP contribution in [0.5, 0.6) is 0 Å². The van der Waals surface area contributed by atoms with Crippen LogP contribution >= 0.6 is 23.2 Å². The lowest BCUT2D eigenvalue weighted by atomic mass is 9.82. The zero-order valence-corrected chi connectivity index (χ0v) is 24.4. The van der Waals surface area contributed by atoms with Gasteiger partial charge < -0.3 is 15.7 Å². The minimum Gasteiger partial charge on any atom is -0.481 e. The minimum atomic E-state index is -4.52. The highest BCUT2D eigenvalue weighted by atomic mass is 35.5. The number of carboxylic acid groups (broad SMARTS) is 1. The molecule has 0 aliphatic heterocycles. The molecule has 42 heavy (non-hydrogen) atoms. The van der Waals surface area contributed by atoms with Crippen molar-refractivity contribution < 1.29 is 27.9 Å². The Hall–Kier alpha value is -3.75. The van der Waals surface area contributed by atoms with Gasteiger partial charge in [-0.25, -0.2) is 0 Å². The van der Waals surface area contributed by atoms with Crippen molar-refractivity contribution in [2.75, 3.05) is 11.9 Å². The summed E-state index contributed by atoms with van der Waals surface area (Å²) in [6.07, 6.45) is -1.17. The van der Waals surface area contributed by atoms with Gasteiger partial charge in [-0.05, 0) is 83.5 Å². The van der Waals surface area contributed by atoms with E-state index in [1.807, 2.05) is 38.1 Å². The second-order valence-electron chi connectivity index (χ2n) is 10.2. The molecule has 4 rings (SSSR count). The molecule has 1 amide bonds.